The van der Waals surface area contributed by atoms with E-state index in [1.807, 2.05) is 14.0 Å². The van der Waals surface area contributed by atoms with Crippen molar-refractivity contribution in [3.63, 3.8) is 0 Å². The van der Waals surface area contributed by atoms with Gasteiger partial charge in [0, 0.05) is 19.8 Å². The van der Waals surface area contributed by atoms with Gasteiger partial charge in [-0.25, -0.2) is 0 Å². The van der Waals surface area contributed by atoms with Crippen LogP contribution < -0.4 is 5.32 Å². The van der Waals surface area contributed by atoms with Crippen LogP contribution in [0, 0.1) is 0 Å². The molecule has 0 aromatic carbocycles. The first-order valence-corrected chi connectivity index (χ1v) is 6.41. The van der Waals surface area contributed by atoms with E-state index in [4.69, 9.17) is 14.0 Å². The van der Waals surface area contributed by atoms with E-state index in [1.54, 1.807) is 7.11 Å². The van der Waals surface area contributed by atoms with E-state index in [9.17, 15) is 0 Å². The van der Waals surface area contributed by atoms with E-state index in [1.165, 1.54) is 0 Å². The van der Waals surface area contributed by atoms with Gasteiger partial charge in [0.2, 0.25) is 11.7 Å². The Balaban J connectivity index is 2.12. The first kappa shape index (κ1) is 13.5. The summed E-state index contributed by atoms with van der Waals surface area (Å²) in [4.78, 5) is 4.45. The summed E-state index contributed by atoms with van der Waals surface area (Å²) in [5.41, 5.74) is 0. The predicted octanol–water partition coefficient (Wildman–Crippen LogP) is 1.26. The van der Waals surface area contributed by atoms with E-state index in [0.29, 0.717) is 24.4 Å². The molecule has 102 valence electrons. The molecule has 1 aromatic heterocycles. The molecule has 0 amide bonds. The molecule has 1 aliphatic heterocycles. The van der Waals surface area contributed by atoms with Crippen molar-refractivity contribution in [1.29, 1.82) is 0 Å². The lowest BCUT2D eigenvalue weighted by molar-refractivity contribution is 0.0516. The van der Waals surface area contributed by atoms with Gasteiger partial charge in [-0.15, -0.1) is 0 Å². The largest absolute Gasteiger partial charge is 0.381 e. The first-order chi connectivity index (χ1) is 8.80. The minimum absolute atomic E-state index is 0.0972. The highest BCUT2D eigenvalue weighted by Gasteiger charge is 2.31. The molecule has 1 fully saturated rings. The van der Waals surface area contributed by atoms with Crippen LogP contribution in [0.1, 0.15) is 43.5 Å². The van der Waals surface area contributed by atoms with Crippen LogP contribution in [0.4, 0.5) is 0 Å². The molecular formula is C12H21N3O3. The number of methoxy groups -OCH3 is 1. The second-order valence-electron chi connectivity index (χ2n) is 4.49. The molecule has 2 heterocycles. The van der Waals surface area contributed by atoms with E-state index in [2.05, 4.69) is 15.5 Å². The molecule has 1 saturated heterocycles. The third-order valence-electron chi connectivity index (χ3n) is 3.45. The van der Waals surface area contributed by atoms with Gasteiger partial charge in [-0.05, 0) is 19.9 Å². The number of hydrogen-bond acceptors (Lipinski definition) is 6. The maximum absolute atomic E-state index is 5.49. The average molecular weight is 255 g/mol. The molecule has 1 aromatic rings. The van der Waals surface area contributed by atoms with Crippen LogP contribution in [0.25, 0.3) is 0 Å². The van der Waals surface area contributed by atoms with Gasteiger partial charge in [0.15, 0.2) is 0 Å². The Bertz CT molecular complexity index is 365. The van der Waals surface area contributed by atoms with E-state index < -0.39 is 0 Å². The van der Waals surface area contributed by atoms with Crippen LogP contribution in [0.3, 0.4) is 0 Å². The zero-order valence-corrected chi connectivity index (χ0v) is 11.2. The normalized spacial score (nSPS) is 26.2. The van der Waals surface area contributed by atoms with Crippen molar-refractivity contribution in [3.05, 3.63) is 11.7 Å². The lowest BCUT2D eigenvalue weighted by atomic mass is 9.96. The summed E-state index contributed by atoms with van der Waals surface area (Å²) in [6.45, 7) is 3.43. The van der Waals surface area contributed by atoms with Crippen LogP contribution in [0.15, 0.2) is 4.52 Å². The first-order valence-electron chi connectivity index (χ1n) is 6.41. The Hall–Kier alpha value is -0.980. The molecule has 1 N–H and O–H groups in total. The van der Waals surface area contributed by atoms with Crippen molar-refractivity contribution in [1.82, 2.24) is 15.5 Å². The summed E-state index contributed by atoms with van der Waals surface area (Å²) < 4.78 is 16.2. The maximum Gasteiger partial charge on any atom is 0.233 e. The monoisotopic (exact) mass is 255 g/mol. The molecule has 0 radical (unpaired) electrons. The van der Waals surface area contributed by atoms with Crippen LogP contribution in [0.5, 0.6) is 0 Å². The molecule has 18 heavy (non-hydrogen) atoms. The molecule has 3 atom stereocenters. The molecule has 0 bridgehead atoms. The molecule has 1 aliphatic rings. The Labute approximate surface area is 107 Å². The van der Waals surface area contributed by atoms with Gasteiger partial charge in [0.25, 0.3) is 0 Å². The molecule has 3 unspecified atom stereocenters. The summed E-state index contributed by atoms with van der Waals surface area (Å²) in [6.07, 6.45) is 1.69. The van der Waals surface area contributed by atoms with E-state index in [-0.39, 0.29) is 12.0 Å². The number of aromatic nitrogens is 2. The van der Waals surface area contributed by atoms with E-state index in [0.717, 1.165) is 19.4 Å². The minimum Gasteiger partial charge on any atom is -0.381 e. The Morgan fingerprint density at radius 1 is 1.56 bits per heavy atom. The van der Waals surface area contributed by atoms with Gasteiger partial charge < -0.3 is 19.3 Å². The Morgan fingerprint density at radius 3 is 3.06 bits per heavy atom. The average Bonchev–Trinajstić information content (AvgIpc) is 2.89. The van der Waals surface area contributed by atoms with Crippen molar-refractivity contribution in [2.24, 2.45) is 0 Å². The number of rotatable bonds is 5. The second kappa shape index (κ2) is 6.26. The van der Waals surface area contributed by atoms with Crippen molar-refractivity contribution in [2.45, 2.75) is 37.8 Å². The third-order valence-corrected chi connectivity index (χ3v) is 3.45. The minimum atomic E-state index is -0.0972. The molecule has 6 nitrogen and oxygen atoms in total. The zero-order valence-electron chi connectivity index (χ0n) is 11.2. The summed E-state index contributed by atoms with van der Waals surface area (Å²) in [5.74, 6) is 1.38. The van der Waals surface area contributed by atoms with Crippen molar-refractivity contribution >= 4 is 0 Å². The lowest BCUT2D eigenvalue weighted by Crippen LogP contribution is -2.39. The topological polar surface area (TPSA) is 69.4 Å². The highest BCUT2D eigenvalue weighted by atomic mass is 16.5. The molecule has 2 rings (SSSR count). The molecule has 0 spiro atoms. The molecule has 0 saturated carbocycles. The number of nitrogens with one attached hydrogen (secondary N) is 1. The fourth-order valence-electron chi connectivity index (χ4n) is 2.31. The summed E-state index contributed by atoms with van der Waals surface area (Å²) in [5, 5.41) is 7.29. The highest BCUT2D eigenvalue weighted by Crippen LogP contribution is 2.26. The van der Waals surface area contributed by atoms with Crippen LogP contribution in [-0.2, 0) is 9.47 Å². The molecule has 0 aliphatic carbocycles. The smallest absolute Gasteiger partial charge is 0.233 e. The number of ether oxygens (including phenoxy) is 2. The lowest BCUT2D eigenvalue weighted by Gasteiger charge is -2.28. The van der Waals surface area contributed by atoms with Gasteiger partial charge in [-0.1, -0.05) is 12.1 Å². The fraction of sp³-hybridized carbons (Fsp3) is 0.833. The van der Waals surface area contributed by atoms with Crippen LogP contribution in [-0.4, -0.2) is 43.6 Å². The van der Waals surface area contributed by atoms with Gasteiger partial charge in [-0.3, -0.25) is 0 Å². The molecule has 6 heteroatoms. The highest BCUT2D eigenvalue weighted by molar-refractivity contribution is 5.02. The predicted molar refractivity (Wildman–Crippen MR) is 65.4 cm³/mol. The quantitative estimate of drug-likeness (QED) is 0.854. The fourth-order valence-corrected chi connectivity index (χ4v) is 2.31. The summed E-state index contributed by atoms with van der Waals surface area (Å²) >= 11 is 0. The van der Waals surface area contributed by atoms with Gasteiger partial charge in [-0.2, -0.15) is 4.98 Å². The Kier molecular flexibility index (Phi) is 4.68. The maximum atomic E-state index is 5.49. The number of likely N-dealkylation sites (N-methyl/N-ethyl adjacent to an activating group) is 1. The van der Waals surface area contributed by atoms with Gasteiger partial charge >= 0.3 is 0 Å². The second-order valence-corrected chi connectivity index (χ2v) is 4.49. The van der Waals surface area contributed by atoms with Crippen molar-refractivity contribution in [2.75, 3.05) is 27.4 Å². The van der Waals surface area contributed by atoms with Crippen LogP contribution in [0.2, 0.25) is 0 Å². The SMILES string of the molecule is CCC(OC)c1noc(C2COCCC2NC)n1. The summed E-state index contributed by atoms with van der Waals surface area (Å²) in [6, 6.07) is 0.328. The van der Waals surface area contributed by atoms with Crippen molar-refractivity contribution in [3.8, 4) is 0 Å². The summed E-state index contributed by atoms with van der Waals surface area (Å²) in [7, 11) is 3.61. The van der Waals surface area contributed by atoms with E-state index >= 15 is 0 Å². The standard InChI is InChI=1S/C12H21N3O3/c1-4-10(16-3)11-14-12(18-15-11)8-7-17-6-5-9(8)13-2/h8-10,13H,4-7H2,1-3H3. The number of nitrogens with zero attached hydrogens (tertiary/aromatic N) is 2. The number of hydrogen-bond donors (Lipinski definition) is 1. The zero-order chi connectivity index (χ0) is 13.0. The molecular weight excluding hydrogens is 234 g/mol. The Morgan fingerprint density at radius 2 is 2.39 bits per heavy atom. The van der Waals surface area contributed by atoms with Gasteiger partial charge in [0.05, 0.1) is 12.5 Å². The van der Waals surface area contributed by atoms with Gasteiger partial charge in [0.1, 0.15) is 6.10 Å². The van der Waals surface area contributed by atoms with Crippen molar-refractivity contribution < 1.29 is 14.0 Å². The van der Waals surface area contributed by atoms with Crippen LogP contribution >= 0.6 is 0 Å². The third kappa shape index (κ3) is 2.71.